The Morgan fingerprint density at radius 1 is 1.08 bits per heavy atom. The van der Waals surface area contributed by atoms with Crippen LogP contribution in [-0.2, 0) is 19.6 Å². The minimum absolute atomic E-state index is 0.118. The van der Waals surface area contributed by atoms with Crippen molar-refractivity contribution in [3.63, 3.8) is 0 Å². The van der Waals surface area contributed by atoms with Gasteiger partial charge in [-0.25, -0.2) is 0 Å². The first kappa shape index (κ1) is 16.3. The highest BCUT2D eigenvalue weighted by Crippen LogP contribution is 2.24. The number of aromatic amines is 1. The maximum atomic E-state index is 9.16. The molecule has 1 saturated heterocycles. The highest BCUT2D eigenvalue weighted by Gasteiger charge is 2.20. The first-order valence-corrected chi connectivity index (χ1v) is 9.13. The van der Waals surface area contributed by atoms with Crippen LogP contribution in [0.2, 0.25) is 0 Å². The molecule has 1 fully saturated rings. The van der Waals surface area contributed by atoms with Crippen molar-refractivity contribution >= 4 is 10.9 Å². The van der Waals surface area contributed by atoms with Crippen molar-refractivity contribution in [1.82, 2.24) is 15.1 Å². The third-order valence-electron chi connectivity index (χ3n) is 5.24. The van der Waals surface area contributed by atoms with E-state index >= 15 is 0 Å². The normalized spacial score (nSPS) is 18.7. The Morgan fingerprint density at radius 2 is 1.88 bits per heavy atom. The molecule has 25 heavy (non-hydrogen) atoms. The number of H-pyrrole nitrogens is 1. The van der Waals surface area contributed by atoms with Gasteiger partial charge in [-0.2, -0.15) is 5.10 Å². The molecule has 0 spiro atoms. The van der Waals surface area contributed by atoms with Crippen molar-refractivity contribution in [3.05, 3.63) is 65.4 Å². The largest absolute Gasteiger partial charge is 0.392 e. The van der Waals surface area contributed by atoms with Gasteiger partial charge in [-0.05, 0) is 60.5 Å². The van der Waals surface area contributed by atoms with Crippen LogP contribution in [0.4, 0.5) is 0 Å². The summed E-state index contributed by atoms with van der Waals surface area (Å²) in [4.78, 5) is 2.57. The Balaban J connectivity index is 1.38. The Labute approximate surface area is 148 Å². The van der Waals surface area contributed by atoms with E-state index in [1.54, 1.807) is 0 Å². The zero-order valence-corrected chi connectivity index (χ0v) is 14.5. The molecule has 2 heterocycles. The second-order valence-electron chi connectivity index (χ2n) is 7.21. The Morgan fingerprint density at radius 3 is 2.72 bits per heavy atom. The molecule has 1 aliphatic heterocycles. The summed E-state index contributed by atoms with van der Waals surface area (Å²) in [5.41, 5.74) is 4.83. The topological polar surface area (TPSA) is 52.1 Å². The fourth-order valence-corrected chi connectivity index (χ4v) is 3.92. The van der Waals surface area contributed by atoms with Gasteiger partial charge in [0.2, 0.25) is 0 Å². The SMILES string of the molecule is OCc1ccc(CN2CCC[C@@H](Cc3ccc4[nH]ncc4c3)C2)cc1. The van der Waals surface area contributed by atoms with Gasteiger partial charge in [-0.15, -0.1) is 0 Å². The molecule has 1 aromatic heterocycles. The zero-order chi connectivity index (χ0) is 17.1. The Hall–Kier alpha value is -2.17. The number of fused-ring (bicyclic) bond motifs is 1. The summed E-state index contributed by atoms with van der Waals surface area (Å²) in [5.74, 6) is 0.717. The second kappa shape index (κ2) is 7.38. The third kappa shape index (κ3) is 3.91. The number of hydrogen-bond donors (Lipinski definition) is 2. The minimum Gasteiger partial charge on any atom is -0.392 e. The molecule has 3 aromatic rings. The smallest absolute Gasteiger partial charge is 0.0681 e. The zero-order valence-electron chi connectivity index (χ0n) is 14.5. The van der Waals surface area contributed by atoms with E-state index in [1.807, 2.05) is 18.3 Å². The van der Waals surface area contributed by atoms with Gasteiger partial charge < -0.3 is 5.11 Å². The van der Waals surface area contributed by atoms with Gasteiger partial charge in [-0.1, -0.05) is 30.3 Å². The molecule has 0 bridgehead atoms. The number of nitrogens with zero attached hydrogens (tertiary/aromatic N) is 2. The maximum Gasteiger partial charge on any atom is 0.0681 e. The average Bonchev–Trinajstić information content (AvgIpc) is 3.10. The van der Waals surface area contributed by atoms with Gasteiger partial charge >= 0.3 is 0 Å². The summed E-state index contributed by atoms with van der Waals surface area (Å²) in [6, 6.07) is 15.0. The molecule has 4 nitrogen and oxygen atoms in total. The highest BCUT2D eigenvalue weighted by atomic mass is 16.3. The van der Waals surface area contributed by atoms with Gasteiger partial charge in [0.1, 0.15) is 0 Å². The second-order valence-corrected chi connectivity index (χ2v) is 7.21. The lowest BCUT2D eigenvalue weighted by molar-refractivity contribution is 0.167. The monoisotopic (exact) mass is 335 g/mol. The van der Waals surface area contributed by atoms with E-state index in [0.29, 0.717) is 0 Å². The number of aromatic nitrogens is 2. The lowest BCUT2D eigenvalue weighted by Gasteiger charge is -2.33. The fourth-order valence-electron chi connectivity index (χ4n) is 3.92. The Bertz CT molecular complexity index is 825. The molecule has 130 valence electrons. The molecule has 2 N–H and O–H groups in total. The lowest BCUT2D eigenvalue weighted by atomic mass is 9.90. The standard InChI is InChI=1S/C21H25N3O/c25-15-17-5-3-16(4-6-17)13-24-9-1-2-19(14-24)10-18-7-8-21-20(11-18)12-22-23-21/h3-8,11-12,19,25H,1-2,9-10,13-15H2,(H,22,23)/t19-/m0/s1. The number of rotatable bonds is 5. The van der Waals surface area contributed by atoms with Gasteiger partial charge in [-0.3, -0.25) is 10.00 Å². The van der Waals surface area contributed by atoms with E-state index in [-0.39, 0.29) is 6.61 Å². The van der Waals surface area contributed by atoms with Crippen LogP contribution >= 0.6 is 0 Å². The van der Waals surface area contributed by atoms with E-state index in [4.69, 9.17) is 5.11 Å². The van der Waals surface area contributed by atoms with Crippen LogP contribution in [0.5, 0.6) is 0 Å². The van der Waals surface area contributed by atoms with E-state index in [9.17, 15) is 0 Å². The predicted octanol–water partition coefficient (Wildman–Crippen LogP) is 3.51. The summed E-state index contributed by atoms with van der Waals surface area (Å²) in [6.45, 7) is 3.46. The molecular formula is C21H25N3O. The number of hydrogen-bond acceptors (Lipinski definition) is 3. The first-order valence-electron chi connectivity index (χ1n) is 9.13. The van der Waals surface area contributed by atoms with Crippen LogP contribution in [0.25, 0.3) is 10.9 Å². The number of aliphatic hydroxyl groups excluding tert-OH is 1. The number of aliphatic hydroxyl groups is 1. The molecular weight excluding hydrogens is 310 g/mol. The maximum absolute atomic E-state index is 9.16. The van der Waals surface area contributed by atoms with Gasteiger partial charge in [0.25, 0.3) is 0 Å². The summed E-state index contributed by atoms with van der Waals surface area (Å²) in [7, 11) is 0. The van der Waals surface area contributed by atoms with Gasteiger partial charge in [0.05, 0.1) is 18.3 Å². The molecule has 2 aromatic carbocycles. The lowest BCUT2D eigenvalue weighted by Crippen LogP contribution is -2.35. The van der Waals surface area contributed by atoms with Crippen LogP contribution in [0, 0.1) is 5.92 Å². The molecule has 4 rings (SSSR count). The third-order valence-corrected chi connectivity index (χ3v) is 5.24. The minimum atomic E-state index is 0.118. The highest BCUT2D eigenvalue weighted by molar-refractivity contribution is 5.78. The predicted molar refractivity (Wildman–Crippen MR) is 100 cm³/mol. The van der Waals surface area contributed by atoms with E-state index in [2.05, 4.69) is 45.4 Å². The van der Waals surface area contributed by atoms with Crippen LogP contribution in [0.15, 0.2) is 48.7 Å². The number of benzene rings is 2. The van der Waals surface area contributed by atoms with Crippen LogP contribution < -0.4 is 0 Å². The number of nitrogens with one attached hydrogen (secondary N) is 1. The van der Waals surface area contributed by atoms with E-state index in [0.717, 1.165) is 36.5 Å². The summed E-state index contributed by atoms with van der Waals surface area (Å²) >= 11 is 0. The summed E-state index contributed by atoms with van der Waals surface area (Å²) in [5, 5.41) is 17.5. The average molecular weight is 335 g/mol. The van der Waals surface area contributed by atoms with Crippen molar-refractivity contribution in [3.8, 4) is 0 Å². The molecule has 0 amide bonds. The molecule has 0 aliphatic carbocycles. The molecule has 0 saturated carbocycles. The molecule has 1 atom stereocenters. The number of likely N-dealkylation sites (tertiary alicyclic amines) is 1. The molecule has 1 aliphatic rings. The van der Waals surface area contributed by atoms with Crippen molar-refractivity contribution in [2.24, 2.45) is 5.92 Å². The van der Waals surface area contributed by atoms with Crippen LogP contribution in [0.3, 0.4) is 0 Å². The van der Waals surface area contributed by atoms with E-state index < -0.39 is 0 Å². The van der Waals surface area contributed by atoms with Gasteiger partial charge in [0, 0.05) is 18.5 Å². The fraction of sp³-hybridized carbons (Fsp3) is 0.381. The first-order chi connectivity index (χ1) is 12.3. The van der Waals surface area contributed by atoms with Crippen molar-refractivity contribution in [2.45, 2.75) is 32.4 Å². The molecule has 0 unspecified atom stereocenters. The van der Waals surface area contributed by atoms with Crippen LogP contribution in [-0.4, -0.2) is 33.3 Å². The van der Waals surface area contributed by atoms with Crippen LogP contribution in [0.1, 0.15) is 29.5 Å². The molecule has 0 radical (unpaired) electrons. The summed E-state index contributed by atoms with van der Waals surface area (Å²) < 4.78 is 0. The van der Waals surface area contributed by atoms with Gasteiger partial charge in [0.15, 0.2) is 0 Å². The number of piperidine rings is 1. The van der Waals surface area contributed by atoms with E-state index in [1.165, 1.54) is 35.9 Å². The summed E-state index contributed by atoms with van der Waals surface area (Å²) in [6.07, 6.45) is 5.62. The quantitative estimate of drug-likeness (QED) is 0.750. The molecule has 4 heteroatoms. The van der Waals surface area contributed by atoms with Crippen molar-refractivity contribution in [2.75, 3.05) is 13.1 Å². The van der Waals surface area contributed by atoms with Crippen molar-refractivity contribution in [1.29, 1.82) is 0 Å². The Kier molecular flexibility index (Phi) is 4.81. The van der Waals surface area contributed by atoms with Crippen molar-refractivity contribution < 1.29 is 5.11 Å².